The molecule has 1 fully saturated rings. The Morgan fingerprint density at radius 2 is 2.25 bits per heavy atom. The van der Waals surface area contributed by atoms with Gasteiger partial charge >= 0.3 is 0 Å². The molecule has 0 bridgehead atoms. The Morgan fingerprint density at radius 1 is 1.45 bits per heavy atom. The summed E-state index contributed by atoms with van der Waals surface area (Å²) in [5, 5.41) is 3.24. The van der Waals surface area contributed by atoms with Crippen LogP contribution in [0.3, 0.4) is 0 Å². The minimum absolute atomic E-state index is 0.0763. The fraction of sp³-hybridized carbons (Fsp3) is 0.533. The number of methoxy groups -OCH3 is 1. The van der Waals surface area contributed by atoms with E-state index in [2.05, 4.69) is 11.4 Å². The van der Waals surface area contributed by atoms with Crippen molar-refractivity contribution in [2.75, 3.05) is 33.4 Å². The molecule has 1 amide bonds. The van der Waals surface area contributed by atoms with Crippen LogP contribution in [0.5, 0.6) is 5.75 Å². The largest absolute Gasteiger partial charge is 0.496 e. The summed E-state index contributed by atoms with van der Waals surface area (Å²) in [6.07, 6.45) is -0.0763. The lowest BCUT2D eigenvalue weighted by Gasteiger charge is -2.25. The van der Waals surface area contributed by atoms with E-state index in [0.717, 1.165) is 16.9 Å². The van der Waals surface area contributed by atoms with Gasteiger partial charge in [-0.1, -0.05) is 6.07 Å². The van der Waals surface area contributed by atoms with Crippen molar-refractivity contribution in [2.45, 2.75) is 20.0 Å². The van der Waals surface area contributed by atoms with Crippen LogP contribution < -0.4 is 10.1 Å². The normalized spacial score (nSPS) is 18.6. The maximum atomic E-state index is 11.9. The smallest absolute Gasteiger partial charge is 0.238 e. The van der Waals surface area contributed by atoms with Crippen molar-refractivity contribution < 1.29 is 14.3 Å². The molecule has 1 saturated heterocycles. The van der Waals surface area contributed by atoms with Gasteiger partial charge in [0.15, 0.2) is 0 Å². The Labute approximate surface area is 119 Å². The van der Waals surface area contributed by atoms with E-state index in [4.69, 9.17) is 9.47 Å². The summed E-state index contributed by atoms with van der Waals surface area (Å²) < 4.78 is 10.6. The van der Waals surface area contributed by atoms with Gasteiger partial charge in [0.2, 0.25) is 5.91 Å². The summed E-state index contributed by atoms with van der Waals surface area (Å²) in [5.41, 5.74) is 2.14. The molecule has 0 aliphatic carbocycles. The van der Waals surface area contributed by atoms with E-state index in [1.165, 1.54) is 0 Å². The van der Waals surface area contributed by atoms with E-state index in [1.54, 1.807) is 7.11 Å². The Morgan fingerprint density at radius 3 is 2.90 bits per heavy atom. The molecule has 5 nitrogen and oxygen atoms in total. The molecule has 1 aliphatic heterocycles. The molecule has 1 unspecified atom stereocenters. The third-order valence-electron chi connectivity index (χ3n) is 3.49. The second kappa shape index (κ2) is 6.72. The van der Waals surface area contributed by atoms with Gasteiger partial charge in [0, 0.05) is 13.2 Å². The van der Waals surface area contributed by atoms with Crippen molar-refractivity contribution >= 4 is 5.91 Å². The maximum absolute atomic E-state index is 11.9. The van der Waals surface area contributed by atoms with Gasteiger partial charge in [0.25, 0.3) is 0 Å². The first-order valence-electron chi connectivity index (χ1n) is 6.92. The molecule has 0 saturated carbocycles. The van der Waals surface area contributed by atoms with E-state index in [9.17, 15) is 4.79 Å². The van der Waals surface area contributed by atoms with Crippen molar-refractivity contribution in [1.29, 1.82) is 0 Å². The van der Waals surface area contributed by atoms with E-state index in [0.29, 0.717) is 26.3 Å². The fourth-order valence-corrected chi connectivity index (χ4v) is 2.47. The topological polar surface area (TPSA) is 50.8 Å². The van der Waals surface area contributed by atoms with Gasteiger partial charge in [0.05, 0.1) is 20.3 Å². The minimum Gasteiger partial charge on any atom is -0.496 e. The fourth-order valence-electron chi connectivity index (χ4n) is 2.47. The number of hydrogen-bond donors (Lipinski definition) is 1. The SMILES string of the molecule is CCOCCN1C(=O)CNC1c1ccc(OC)c(C)c1. The van der Waals surface area contributed by atoms with Gasteiger partial charge in [-0.05, 0) is 37.1 Å². The lowest BCUT2D eigenvalue weighted by atomic mass is 10.1. The number of benzene rings is 1. The van der Waals surface area contributed by atoms with Gasteiger partial charge in [-0.15, -0.1) is 0 Å². The summed E-state index contributed by atoms with van der Waals surface area (Å²) >= 11 is 0. The Kier molecular flexibility index (Phi) is 4.98. The third kappa shape index (κ3) is 3.11. The number of carbonyl (C=O) groups is 1. The molecular formula is C15H22N2O3. The van der Waals surface area contributed by atoms with Crippen molar-refractivity contribution in [1.82, 2.24) is 10.2 Å². The van der Waals surface area contributed by atoms with Crippen LogP contribution >= 0.6 is 0 Å². The highest BCUT2D eigenvalue weighted by Crippen LogP contribution is 2.26. The van der Waals surface area contributed by atoms with Crippen LogP contribution in [0.15, 0.2) is 18.2 Å². The molecule has 20 heavy (non-hydrogen) atoms. The number of hydrogen-bond acceptors (Lipinski definition) is 4. The number of amides is 1. The predicted octanol–water partition coefficient (Wildman–Crippen LogP) is 1.47. The summed E-state index contributed by atoms with van der Waals surface area (Å²) in [5.74, 6) is 0.974. The Balaban J connectivity index is 2.13. The van der Waals surface area contributed by atoms with Crippen LogP contribution in [0, 0.1) is 6.92 Å². The highest BCUT2D eigenvalue weighted by molar-refractivity contribution is 5.81. The average molecular weight is 278 g/mol. The molecule has 1 N–H and O–H groups in total. The zero-order chi connectivity index (χ0) is 14.5. The lowest BCUT2D eigenvalue weighted by Crippen LogP contribution is -2.33. The highest BCUT2D eigenvalue weighted by Gasteiger charge is 2.31. The highest BCUT2D eigenvalue weighted by atomic mass is 16.5. The predicted molar refractivity (Wildman–Crippen MR) is 76.7 cm³/mol. The zero-order valence-electron chi connectivity index (χ0n) is 12.3. The Bertz CT molecular complexity index is 476. The van der Waals surface area contributed by atoms with Crippen LogP contribution in [0.1, 0.15) is 24.2 Å². The lowest BCUT2D eigenvalue weighted by molar-refractivity contribution is -0.128. The number of aryl methyl sites for hydroxylation is 1. The second-order valence-electron chi connectivity index (χ2n) is 4.80. The van der Waals surface area contributed by atoms with Crippen LogP contribution in [0.2, 0.25) is 0 Å². The molecule has 5 heteroatoms. The van der Waals surface area contributed by atoms with Crippen molar-refractivity contribution in [2.24, 2.45) is 0 Å². The van der Waals surface area contributed by atoms with Gasteiger partial charge in [-0.25, -0.2) is 0 Å². The number of nitrogens with one attached hydrogen (secondary N) is 1. The minimum atomic E-state index is -0.0763. The molecule has 2 rings (SSSR count). The summed E-state index contributed by atoms with van der Waals surface area (Å²) in [4.78, 5) is 13.8. The first-order valence-corrected chi connectivity index (χ1v) is 6.92. The van der Waals surface area contributed by atoms with E-state index < -0.39 is 0 Å². The summed E-state index contributed by atoms with van der Waals surface area (Å²) in [6, 6.07) is 5.99. The van der Waals surface area contributed by atoms with Crippen LogP contribution in [0.25, 0.3) is 0 Å². The van der Waals surface area contributed by atoms with Crippen molar-refractivity contribution in [3.63, 3.8) is 0 Å². The number of nitrogens with zero attached hydrogens (tertiary/aromatic N) is 1. The molecular weight excluding hydrogens is 256 g/mol. The molecule has 1 aromatic rings. The molecule has 0 radical (unpaired) electrons. The molecule has 0 aromatic heterocycles. The molecule has 1 atom stereocenters. The molecule has 1 aliphatic rings. The quantitative estimate of drug-likeness (QED) is 0.801. The van der Waals surface area contributed by atoms with Gasteiger partial charge < -0.3 is 14.4 Å². The standard InChI is InChI=1S/C15H22N2O3/c1-4-20-8-7-17-14(18)10-16-15(17)12-5-6-13(19-3)11(2)9-12/h5-6,9,15-16H,4,7-8,10H2,1-3H3. The number of ether oxygens (including phenoxy) is 2. The van der Waals surface area contributed by atoms with E-state index in [-0.39, 0.29) is 12.1 Å². The van der Waals surface area contributed by atoms with Crippen LogP contribution in [-0.2, 0) is 9.53 Å². The molecule has 0 spiro atoms. The van der Waals surface area contributed by atoms with Crippen molar-refractivity contribution in [3.8, 4) is 5.75 Å². The van der Waals surface area contributed by atoms with Crippen molar-refractivity contribution in [3.05, 3.63) is 29.3 Å². The second-order valence-corrected chi connectivity index (χ2v) is 4.80. The molecule has 1 heterocycles. The first-order chi connectivity index (χ1) is 9.67. The maximum Gasteiger partial charge on any atom is 0.238 e. The van der Waals surface area contributed by atoms with Gasteiger partial charge in [-0.2, -0.15) is 0 Å². The monoisotopic (exact) mass is 278 g/mol. The van der Waals surface area contributed by atoms with Gasteiger partial charge in [0.1, 0.15) is 11.9 Å². The van der Waals surface area contributed by atoms with E-state index in [1.807, 2.05) is 30.9 Å². The molecule has 1 aromatic carbocycles. The average Bonchev–Trinajstić information content (AvgIpc) is 2.80. The third-order valence-corrected chi connectivity index (χ3v) is 3.49. The number of rotatable bonds is 6. The number of carbonyl (C=O) groups excluding carboxylic acids is 1. The summed E-state index contributed by atoms with van der Waals surface area (Å²) in [7, 11) is 1.66. The zero-order valence-corrected chi connectivity index (χ0v) is 12.3. The molecule has 110 valence electrons. The first kappa shape index (κ1) is 14.8. The van der Waals surface area contributed by atoms with Crippen LogP contribution in [-0.4, -0.2) is 44.2 Å². The van der Waals surface area contributed by atoms with E-state index >= 15 is 0 Å². The van der Waals surface area contributed by atoms with Gasteiger partial charge in [-0.3, -0.25) is 10.1 Å². The van der Waals surface area contributed by atoms with Crippen LogP contribution in [0.4, 0.5) is 0 Å². The summed E-state index contributed by atoms with van der Waals surface area (Å²) in [6.45, 7) is 6.17. The Hall–Kier alpha value is -1.59.